The van der Waals surface area contributed by atoms with Crippen molar-refractivity contribution in [2.24, 2.45) is 5.73 Å². The van der Waals surface area contributed by atoms with Gasteiger partial charge in [-0.25, -0.2) is 8.78 Å². The molecule has 2 unspecified atom stereocenters. The lowest BCUT2D eigenvalue weighted by Crippen LogP contribution is -2.35. The molecule has 3 nitrogen and oxygen atoms in total. The molecule has 0 saturated carbocycles. The van der Waals surface area contributed by atoms with Crippen molar-refractivity contribution in [3.8, 4) is 0 Å². The Bertz CT molecular complexity index is 631. The highest BCUT2D eigenvalue weighted by Gasteiger charge is 2.18. The van der Waals surface area contributed by atoms with Gasteiger partial charge in [0.2, 0.25) is 5.91 Å². The standard InChI is InChI=1S/C16H16F2N2O/c1-10(12-7-8-13(17)14(18)9-12)20-16(21)15(19)11-5-3-2-4-6-11/h2-10,15H,19H2,1H3,(H,20,21). The maximum Gasteiger partial charge on any atom is 0.241 e. The molecule has 2 aromatic rings. The minimum atomic E-state index is -0.944. The molecule has 0 aliphatic rings. The molecule has 0 heterocycles. The maximum absolute atomic E-state index is 13.2. The van der Waals surface area contributed by atoms with Crippen molar-refractivity contribution < 1.29 is 13.6 Å². The Balaban J connectivity index is 2.06. The summed E-state index contributed by atoms with van der Waals surface area (Å²) in [5.41, 5.74) is 7.03. The number of halogens is 2. The van der Waals surface area contributed by atoms with Crippen molar-refractivity contribution in [1.82, 2.24) is 5.32 Å². The zero-order valence-corrected chi connectivity index (χ0v) is 11.5. The highest BCUT2D eigenvalue weighted by Crippen LogP contribution is 2.17. The molecular weight excluding hydrogens is 274 g/mol. The van der Waals surface area contributed by atoms with Gasteiger partial charge in [0.15, 0.2) is 11.6 Å². The van der Waals surface area contributed by atoms with Crippen LogP contribution in [0.15, 0.2) is 48.5 Å². The van der Waals surface area contributed by atoms with E-state index in [2.05, 4.69) is 5.32 Å². The average molecular weight is 290 g/mol. The van der Waals surface area contributed by atoms with Gasteiger partial charge in [-0.1, -0.05) is 36.4 Å². The normalized spacial score (nSPS) is 13.5. The first-order chi connectivity index (χ1) is 9.99. The van der Waals surface area contributed by atoms with Gasteiger partial charge in [0.1, 0.15) is 6.04 Å². The molecule has 0 saturated heterocycles. The fourth-order valence-electron chi connectivity index (χ4n) is 1.98. The molecule has 0 aliphatic heterocycles. The molecule has 3 N–H and O–H groups in total. The summed E-state index contributed by atoms with van der Waals surface area (Å²) in [5, 5.41) is 2.69. The molecule has 0 spiro atoms. The van der Waals surface area contributed by atoms with Crippen LogP contribution in [0.1, 0.15) is 30.1 Å². The molecule has 2 aromatic carbocycles. The predicted octanol–water partition coefficient (Wildman–Crippen LogP) is 2.84. The summed E-state index contributed by atoms with van der Waals surface area (Å²) < 4.78 is 26.1. The van der Waals surface area contributed by atoms with Gasteiger partial charge in [0, 0.05) is 0 Å². The third kappa shape index (κ3) is 3.64. The van der Waals surface area contributed by atoms with Gasteiger partial charge in [-0.2, -0.15) is 0 Å². The Morgan fingerprint density at radius 2 is 1.71 bits per heavy atom. The first-order valence-electron chi connectivity index (χ1n) is 6.55. The summed E-state index contributed by atoms with van der Waals surface area (Å²) in [6, 6.07) is 11.2. The van der Waals surface area contributed by atoms with Crippen LogP contribution < -0.4 is 11.1 Å². The maximum atomic E-state index is 13.2. The van der Waals surface area contributed by atoms with E-state index in [4.69, 9.17) is 5.73 Å². The third-order valence-electron chi connectivity index (χ3n) is 3.24. The molecule has 0 aromatic heterocycles. The molecule has 2 atom stereocenters. The van der Waals surface area contributed by atoms with Crippen molar-refractivity contribution in [3.05, 3.63) is 71.3 Å². The summed E-state index contributed by atoms with van der Waals surface area (Å²) in [5.74, 6) is -2.24. The number of nitrogens with one attached hydrogen (secondary N) is 1. The number of carbonyl (C=O) groups excluding carboxylic acids is 1. The Morgan fingerprint density at radius 3 is 2.33 bits per heavy atom. The number of nitrogens with two attached hydrogens (primary N) is 1. The minimum absolute atomic E-state index is 0.376. The van der Waals surface area contributed by atoms with Crippen molar-refractivity contribution in [2.45, 2.75) is 19.0 Å². The number of hydrogen-bond donors (Lipinski definition) is 2. The van der Waals surface area contributed by atoms with Crippen LogP contribution in [0, 0.1) is 11.6 Å². The van der Waals surface area contributed by atoms with E-state index in [1.807, 2.05) is 6.07 Å². The Morgan fingerprint density at radius 1 is 1.05 bits per heavy atom. The second-order valence-corrected chi connectivity index (χ2v) is 4.79. The molecule has 21 heavy (non-hydrogen) atoms. The van der Waals surface area contributed by atoms with Crippen molar-refractivity contribution in [1.29, 1.82) is 0 Å². The van der Waals surface area contributed by atoms with Crippen LogP contribution in [-0.4, -0.2) is 5.91 Å². The SMILES string of the molecule is CC(NC(=O)C(N)c1ccccc1)c1ccc(F)c(F)c1. The van der Waals surface area contributed by atoms with E-state index < -0.39 is 23.7 Å². The molecular formula is C16H16F2N2O. The molecule has 0 radical (unpaired) electrons. The zero-order chi connectivity index (χ0) is 15.4. The van der Waals surface area contributed by atoms with Gasteiger partial charge in [-0.3, -0.25) is 4.79 Å². The van der Waals surface area contributed by atoms with Crippen LogP contribution >= 0.6 is 0 Å². The molecule has 110 valence electrons. The number of rotatable bonds is 4. The van der Waals surface area contributed by atoms with Crippen molar-refractivity contribution >= 4 is 5.91 Å². The van der Waals surface area contributed by atoms with E-state index in [0.717, 1.165) is 12.1 Å². The summed E-state index contributed by atoms with van der Waals surface area (Å²) >= 11 is 0. The topological polar surface area (TPSA) is 55.1 Å². The molecule has 0 fully saturated rings. The lowest BCUT2D eigenvalue weighted by Gasteiger charge is -2.18. The van der Waals surface area contributed by atoms with Crippen molar-refractivity contribution in [2.75, 3.05) is 0 Å². The lowest BCUT2D eigenvalue weighted by molar-refractivity contribution is -0.123. The third-order valence-corrected chi connectivity index (χ3v) is 3.24. The molecule has 5 heteroatoms. The van der Waals surface area contributed by atoms with Gasteiger partial charge in [-0.05, 0) is 30.2 Å². The van der Waals surface area contributed by atoms with Gasteiger partial charge in [-0.15, -0.1) is 0 Å². The van der Waals surface area contributed by atoms with Crippen LogP contribution in [0.2, 0.25) is 0 Å². The van der Waals surface area contributed by atoms with Crippen LogP contribution in [0.5, 0.6) is 0 Å². The van der Waals surface area contributed by atoms with Crippen LogP contribution in [-0.2, 0) is 4.79 Å². The Hall–Kier alpha value is -2.27. The van der Waals surface area contributed by atoms with E-state index in [0.29, 0.717) is 11.1 Å². The van der Waals surface area contributed by atoms with E-state index in [1.54, 1.807) is 31.2 Å². The van der Waals surface area contributed by atoms with Gasteiger partial charge in [0.05, 0.1) is 6.04 Å². The summed E-state index contributed by atoms with van der Waals surface area (Å²) in [6.07, 6.45) is 0. The fourth-order valence-corrected chi connectivity index (χ4v) is 1.98. The molecule has 2 rings (SSSR count). The summed E-state index contributed by atoms with van der Waals surface area (Å²) in [4.78, 5) is 12.1. The first-order valence-corrected chi connectivity index (χ1v) is 6.55. The van der Waals surface area contributed by atoms with Gasteiger partial charge in [0.25, 0.3) is 0 Å². The summed E-state index contributed by atoms with van der Waals surface area (Å²) in [7, 11) is 0. The lowest BCUT2D eigenvalue weighted by atomic mass is 10.0. The number of carbonyl (C=O) groups is 1. The first kappa shape index (κ1) is 15.1. The number of benzene rings is 2. The molecule has 1 amide bonds. The highest BCUT2D eigenvalue weighted by molar-refractivity contribution is 5.83. The van der Waals surface area contributed by atoms with E-state index in [1.165, 1.54) is 6.07 Å². The fraction of sp³-hybridized carbons (Fsp3) is 0.188. The van der Waals surface area contributed by atoms with Crippen LogP contribution in [0.25, 0.3) is 0 Å². The zero-order valence-electron chi connectivity index (χ0n) is 11.5. The van der Waals surface area contributed by atoms with E-state index >= 15 is 0 Å². The monoisotopic (exact) mass is 290 g/mol. The minimum Gasteiger partial charge on any atom is -0.348 e. The largest absolute Gasteiger partial charge is 0.348 e. The highest BCUT2D eigenvalue weighted by atomic mass is 19.2. The second-order valence-electron chi connectivity index (χ2n) is 4.79. The van der Waals surface area contributed by atoms with Crippen LogP contribution in [0.4, 0.5) is 8.78 Å². The molecule has 0 bridgehead atoms. The van der Waals surface area contributed by atoms with Crippen molar-refractivity contribution in [3.63, 3.8) is 0 Å². The Kier molecular flexibility index (Phi) is 4.65. The van der Waals surface area contributed by atoms with Gasteiger partial charge < -0.3 is 11.1 Å². The van der Waals surface area contributed by atoms with E-state index in [9.17, 15) is 13.6 Å². The number of hydrogen-bond acceptors (Lipinski definition) is 2. The van der Waals surface area contributed by atoms with E-state index in [-0.39, 0.29) is 5.91 Å². The molecule has 0 aliphatic carbocycles. The number of amides is 1. The Labute approximate surface area is 121 Å². The smallest absolute Gasteiger partial charge is 0.241 e. The second kappa shape index (κ2) is 6.45. The quantitative estimate of drug-likeness (QED) is 0.909. The predicted molar refractivity (Wildman–Crippen MR) is 76.3 cm³/mol. The van der Waals surface area contributed by atoms with Crippen LogP contribution in [0.3, 0.4) is 0 Å². The average Bonchev–Trinajstić information content (AvgIpc) is 2.50. The van der Waals surface area contributed by atoms with Gasteiger partial charge >= 0.3 is 0 Å². The summed E-state index contributed by atoms with van der Waals surface area (Å²) in [6.45, 7) is 1.68.